The van der Waals surface area contributed by atoms with Crippen molar-refractivity contribution >= 4 is 17.8 Å². The maximum atomic E-state index is 11.2. The summed E-state index contributed by atoms with van der Waals surface area (Å²) < 4.78 is 4.45. The maximum absolute atomic E-state index is 11.2. The van der Waals surface area contributed by atoms with Gasteiger partial charge in [0.1, 0.15) is 6.04 Å². The predicted octanol–water partition coefficient (Wildman–Crippen LogP) is 0.475. The summed E-state index contributed by atoms with van der Waals surface area (Å²) in [7, 11) is 0. The SMILES string of the molecule is CC(=O)OCC(=O)N[C@@H](CC=C(C)C)C(=O)O. The number of hydrogen-bond donors (Lipinski definition) is 2. The van der Waals surface area contributed by atoms with Crippen molar-refractivity contribution in [1.82, 2.24) is 5.32 Å². The van der Waals surface area contributed by atoms with Crippen LogP contribution in [-0.2, 0) is 19.1 Å². The van der Waals surface area contributed by atoms with E-state index < -0.39 is 30.5 Å². The van der Waals surface area contributed by atoms with Gasteiger partial charge >= 0.3 is 11.9 Å². The molecule has 0 aliphatic carbocycles. The molecule has 0 unspecified atom stereocenters. The number of esters is 1. The van der Waals surface area contributed by atoms with Crippen molar-refractivity contribution in [1.29, 1.82) is 0 Å². The molecule has 0 aromatic carbocycles. The lowest BCUT2D eigenvalue weighted by Crippen LogP contribution is -2.42. The summed E-state index contributed by atoms with van der Waals surface area (Å²) in [5.74, 6) is -2.34. The van der Waals surface area contributed by atoms with Gasteiger partial charge in [-0.15, -0.1) is 0 Å². The lowest BCUT2D eigenvalue weighted by atomic mass is 10.1. The molecule has 0 spiro atoms. The zero-order valence-electron chi connectivity index (χ0n) is 10.1. The first-order valence-corrected chi connectivity index (χ1v) is 5.11. The molecule has 0 rings (SSSR count). The standard InChI is InChI=1S/C11H17NO5/c1-7(2)4-5-9(11(15)16)12-10(14)6-17-8(3)13/h4,9H,5-6H2,1-3H3,(H,12,14)(H,15,16)/t9-/m0/s1. The number of nitrogens with one attached hydrogen (secondary N) is 1. The topological polar surface area (TPSA) is 92.7 Å². The summed E-state index contributed by atoms with van der Waals surface area (Å²) >= 11 is 0. The summed E-state index contributed by atoms with van der Waals surface area (Å²) in [5, 5.41) is 11.1. The number of allylic oxidation sites excluding steroid dienone is 1. The Morgan fingerprint density at radius 3 is 2.29 bits per heavy atom. The Balaban J connectivity index is 4.25. The van der Waals surface area contributed by atoms with Gasteiger partial charge < -0.3 is 15.2 Å². The van der Waals surface area contributed by atoms with Crippen LogP contribution in [0.3, 0.4) is 0 Å². The first-order valence-electron chi connectivity index (χ1n) is 5.11. The van der Waals surface area contributed by atoms with Gasteiger partial charge in [-0.2, -0.15) is 0 Å². The van der Waals surface area contributed by atoms with E-state index >= 15 is 0 Å². The second-order valence-electron chi connectivity index (χ2n) is 3.76. The number of rotatable bonds is 6. The highest BCUT2D eigenvalue weighted by Crippen LogP contribution is 1.99. The monoisotopic (exact) mass is 243 g/mol. The highest BCUT2D eigenvalue weighted by Gasteiger charge is 2.18. The highest BCUT2D eigenvalue weighted by atomic mass is 16.5. The van der Waals surface area contributed by atoms with Crippen molar-refractivity contribution in [2.45, 2.75) is 33.2 Å². The third-order valence-electron chi connectivity index (χ3n) is 1.80. The minimum Gasteiger partial charge on any atom is -0.480 e. The van der Waals surface area contributed by atoms with Gasteiger partial charge in [0.25, 0.3) is 5.91 Å². The fourth-order valence-corrected chi connectivity index (χ4v) is 0.978. The highest BCUT2D eigenvalue weighted by molar-refractivity contribution is 5.85. The van der Waals surface area contributed by atoms with Crippen LogP contribution in [-0.4, -0.2) is 35.6 Å². The molecule has 0 fully saturated rings. The third-order valence-corrected chi connectivity index (χ3v) is 1.80. The van der Waals surface area contributed by atoms with Gasteiger partial charge in [0.05, 0.1) is 0 Å². The smallest absolute Gasteiger partial charge is 0.326 e. The van der Waals surface area contributed by atoms with E-state index in [4.69, 9.17) is 5.11 Å². The van der Waals surface area contributed by atoms with E-state index in [0.29, 0.717) is 0 Å². The normalized spacial score (nSPS) is 11.2. The third kappa shape index (κ3) is 8.01. The van der Waals surface area contributed by atoms with Gasteiger partial charge in [0.15, 0.2) is 6.61 Å². The molecule has 6 nitrogen and oxygen atoms in total. The molecule has 0 saturated carbocycles. The molecule has 96 valence electrons. The largest absolute Gasteiger partial charge is 0.480 e. The summed E-state index contributed by atoms with van der Waals surface area (Å²) in [6.45, 7) is 4.37. The fourth-order valence-electron chi connectivity index (χ4n) is 0.978. The number of carboxylic acids is 1. The molecule has 2 N–H and O–H groups in total. The van der Waals surface area contributed by atoms with Gasteiger partial charge in [0, 0.05) is 6.92 Å². The quantitative estimate of drug-likeness (QED) is 0.522. The minimum atomic E-state index is -1.13. The molecule has 0 heterocycles. The fraction of sp³-hybridized carbons (Fsp3) is 0.545. The summed E-state index contributed by atoms with van der Waals surface area (Å²) in [6, 6.07) is -1.01. The number of ether oxygens (including phenoxy) is 1. The van der Waals surface area contributed by atoms with Crippen LogP contribution in [0.1, 0.15) is 27.2 Å². The van der Waals surface area contributed by atoms with E-state index in [-0.39, 0.29) is 6.42 Å². The van der Waals surface area contributed by atoms with Crippen LogP contribution in [0.2, 0.25) is 0 Å². The Bertz CT molecular complexity index is 331. The number of carbonyl (C=O) groups excluding carboxylic acids is 2. The van der Waals surface area contributed by atoms with E-state index in [1.54, 1.807) is 6.08 Å². The zero-order valence-corrected chi connectivity index (χ0v) is 10.1. The van der Waals surface area contributed by atoms with Gasteiger partial charge in [-0.1, -0.05) is 11.6 Å². The number of aliphatic carboxylic acids is 1. The Morgan fingerprint density at radius 1 is 1.29 bits per heavy atom. The van der Waals surface area contributed by atoms with Crippen LogP contribution in [0.15, 0.2) is 11.6 Å². The Morgan fingerprint density at radius 2 is 1.88 bits per heavy atom. The summed E-state index contributed by atoms with van der Waals surface area (Å²) in [4.78, 5) is 32.5. The molecule has 1 amide bonds. The van der Waals surface area contributed by atoms with Crippen molar-refractivity contribution in [3.8, 4) is 0 Å². The first kappa shape index (κ1) is 15.2. The molecule has 6 heteroatoms. The van der Waals surface area contributed by atoms with E-state index in [0.717, 1.165) is 5.57 Å². The second-order valence-corrected chi connectivity index (χ2v) is 3.76. The van der Waals surface area contributed by atoms with E-state index in [1.807, 2.05) is 13.8 Å². The van der Waals surface area contributed by atoms with Gasteiger partial charge in [-0.05, 0) is 20.3 Å². The Kier molecular flexibility index (Phi) is 6.62. The van der Waals surface area contributed by atoms with Crippen LogP contribution in [0, 0.1) is 0 Å². The van der Waals surface area contributed by atoms with Crippen molar-refractivity contribution in [3.63, 3.8) is 0 Å². The first-order chi connectivity index (χ1) is 7.82. The predicted molar refractivity (Wildman–Crippen MR) is 60.2 cm³/mol. The Labute approximate surface area is 99.6 Å². The molecule has 0 aliphatic rings. The lowest BCUT2D eigenvalue weighted by molar-refractivity contribution is -0.147. The molecular formula is C11H17NO5. The van der Waals surface area contributed by atoms with Crippen LogP contribution in [0.4, 0.5) is 0 Å². The second kappa shape index (κ2) is 7.43. The molecule has 0 bridgehead atoms. The van der Waals surface area contributed by atoms with Crippen molar-refractivity contribution < 1.29 is 24.2 Å². The molecule has 0 aromatic heterocycles. The number of carboxylic acid groups (broad SMARTS) is 1. The van der Waals surface area contributed by atoms with E-state index in [9.17, 15) is 14.4 Å². The van der Waals surface area contributed by atoms with Crippen molar-refractivity contribution in [2.75, 3.05) is 6.61 Å². The average molecular weight is 243 g/mol. The number of hydrogen-bond acceptors (Lipinski definition) is 4. The molecule has 0 aromatic rings. The van der Waals surface area contributed by atoms with E-state index in [2.05, 4.69) is 10.1 Å². The number of amides is 1. The van der Waals surface area contributed by atoms with Crippen LogP contribution in [0.25, 0.3) is 0 Å². The van der Waals surface area contributed by atoms with Crippen LogP contribution < -0.4 is 5.32 Å². The van der Waals surface area contributed by atoms with Gasteiger partial charge in [0.2, 0.25) is 0 Å². The summed E-state index contributed by atoms with van der Waals surface area (Å²) in [6.07, 6.45) is 1.91. The van der Waals surface area contributed by atoms with Crippen LogP contribution >= 0.6 is 0 Å². The molecule has 0 saturated heterocycles. The Hall–Kier alpha value is -1.85. The van der Waals surface area contributed by atoms with Crippen molar-refractivity contribution in [3.05, 3.63) is 11.6 Å². The molecule has 17 heavy (non-hydrogen) atoms. The van der Waals surface area contributed by atoms with Crippen LogP contribution in [0.5, 0.6) is 0 Å². The van der Waals surface area contributed by atoms with E-state index in [1.165, 1.54) is 6.92 Å². The lowest BCUT2D eigenvalue weighted by Gasteiger charge is -2.12. The van der Waals surface area contributed by atoms with Crippen molar-refractivity contribution in [2.24, 2.45) is 0 Å². The average Bonchev–Trinajstić information content (AvgIpc) is 2.20. The zero-order chi connectivity index (χ0) is 13.4. The molecule has 0 radical (unpaired) electrons. The summed E-state index contributed by atoms with van der Waals surface area (Å²) in [5.41, 5.74) is 0.963. The minimum absolute atomic E-state index is 0.198. The maximum Gasteiger partial charge on any atom is 0.326 e. The molecule has 0 aliphatic heterocycles. The van der Waals surface area contributed by atoms with Gasteiger partial charge in [-0.25, -0.2) is 4.79 Å². The number of carbonyl (C=O) groups is 3. The molecular weight excluding hydrogens is 226 g/mol. The molecule has 1 atom stereocenters. The van der Waals surface area contributed by atoms with Gasteiger partial charge in [-0.3, -0.25) is 9.59 Å².